The predicted octanol–water partition coefficient (Wildman–Crippen LogP) is 6.43. The van der Waals surface area contributed by atoms with E-state index in [1.54, 1.807) is 0 Å². The minimum atomic E-state index is -3.16. The number of ether oxygens (including phenoxy) is 2. The molecule has 4 heterocycles. The van der Waals surface area contributed by atoms with Crippen molar-refractivity contribution in [2.24, 2.45) is 0 Å². The fourth-order valence-electron chi connectivity index (χ4n) is 7.37. The van der Waals surface area contributed by atoms with Crippen LogP contribution < -0.4 is 27.6 Å². The Bertz CT molecular complexity index is 1640. The number of para-hydroxylation sites is 1. The maximum atomic E-state index is 6.81. The first kappa shape index (κ1) is 20.1. The summed E-state index contributed by atoms with van der Waals surface area (Å²) in [6.45, 7) is 11.6. The van der Waals surface area contributed by atoms with Crippen molar-refractivity contribution in [3.05, 3.63) is 82.9 Å². The van der Waals surface area contributed by atoms with Gasteiger partial charge in [0.05, 0.1) is 0 Å². The van der Waals surface area contributed by atoms with Gasteiger partial charge in [0, 0.05) is 0 Å². The number of benzene rings is 4. The van der Waals surface area contributed by atoms with Crippen molar-refractivity contribution in [3.8, 4) is 23.0 Å². The quantitative estimate of drug-likeness (QED) is 0.239. The van der Waals surface area contributed by atoms with Crippen molar-refractivity contribution >= 4 is 43.5 Å². The van der Waals surface area contributed by atoms with Gasteiger partial charge in [-0.05, 0) is 0 Å². The van der Waals surface area contributed by atoms with Gasteiger partial charge in [-0.3, -0.25) is 0 Å². The van der Waals surface area contributed by atoms with Crippen LogP contribution in [0.5, 0.6) is 23.0 Å². The van der Waals surface area contributed by atoms with Crippen LogP contribution in [0, 0.1) is 13.8 Å². The molecule has 0 radical (unpaired) electrons. The zero-order valence-electron chi connectivity index (χ0n) is 20.7. The predicted molar refractivity (Wildman–Crippen MR) is 144 cm³/mol. The Morgan fingerprint density at radius 2 is 1.46 bits per heavy atom. The third-order valence-corrected chi connectivity index (χ3v) is 19.6. The summed E-state index contributed by atoms with van der Waals surface area (Å²) in [5, 5.41) is 1.12. The van der Waals surface area contributed by atoms with Crippen LogP contribution in [-0.2, 0) is 5.41 Å². The molecule has 0 spiro atoms. The molecule has 0 N–H and O–H groups in total. The van der Waals surface area contributed by atoms with Crippen molar-refractivity contribution in [2.45, 2.75) is 45.3 Å². The molecule has 0 aromatic heterocycles. The summed E-state index contributed by atoms with van der Waals surface area (Å²) in [5.41, 5.74) is 9.09. The molecule has 0 fully saturated rings. The number of hydrogen-bond donors (Lipinski definition) is 0. The van der Waals surface area contributed by atoms with E-state index in [0.717, 1.165) is 28.3 Å². The first-order valence-electron chi connectivity index (χ1n) is 12.6. The summed E-state index contributed by atoms with van der Waals surface area (Å²) in [5.74, 6) is 4.18. The molecule has 0 saturated heterocycles. The molecule has 4 aliphatic rings. The first-order chi connectivity index (χ1) is 16.9. The van der Waals surface area contributed by atoms with E-state index in [-0.39, 0.29) is 5.41 Å². The second-order valence-corrected chi connectivity index (χ2v) is 19.4. The fraction of sp³-hybridized carbons (Fsp3) is 0.226. The average molecular weight is 518 g/mol. The van der Waals surface area contributed by atoms with Gasteiger partial charge < -0.3 is 0 Å². The summed E-state index contributed by atoms with van der Waals surface area (Å²) in [6.07, 6.45) is 0. The summed E-state index contributed by atoms with van der Waals surface area (Å²) in [7, 11) is 0. The van der Waals surface area contributed by atoms with E-state index in [2.05, 4.69) is 100 Å². The first-order valence-corrected chi connectivity index (χ1v) is 17.2. The van der Waals surface area contributed by atoms with Gasteiger partial charge in [-0.2, -0.15) is 0 Å². The van der Waals surface area contributed by atoms with E-state index in [1.807, 2.05) is 0 Å². The number of hydrogen-bond acceptors (Lipinski definition) is 3. The molecule has 8 rings (SSSR count). The Kier molecular flexibility index (Phi) is 3.52. The van der Waals surface area contributed by atoms with Crippen molar-refractivity contribution in [1.82, 2.24) is 0 Å². The van der Waals surface area contributed by atoms with Crippen LogP contribution in [0.2, 0.25) is 5.25 Å². The van der Waals surface area contributed by atoms with Crippen LogP contribution in [0.1, 0.15) is 43.0 Å². The molecule has 4 heteroatoms. The monoisotopic (exact) mass is 519 g/mol. The SMILES string of the molecule is C[CH2][Ge]12[c]3c4cccc3Oc3c(C)cc5c([c]31)N(c1ccccc1C5(C)C)c1ccc(C)c([c]12)O4. The van der Waals surface area contributed by atoms with Crippen molar-refractivity contribution in [3.63, 3.8) is 0 Å². The topological polar surface area (TPSA) is 21.7 Å². The van der Waals surface area contributed by atoms with Crippen molar-refractivity contribution in [1.29, 1.82) is 0 Å². The van der Waals surface area contributed by atoms with Crippen LogP contribution in [-0.4, -0.2) is 13.3 Å². The van der Waals surface area contributed by atoms with Gasteiger partial charge in [0.1, 0.15) is 0 Å². The second kappa shape index (κ2) is 6.14. The summed E-state index contributed by atoms with van der Waals surface area (Å²) in [4.78, 5) is 2.54. The van der Waals surface area contributed by atoms with Gasteiger partial charge in [-0.15, -0.1) is 0 Å². The van der Waals surface area contributed by atoms with Gasteiger partial charge in [0.25, 0.3) is 0 Å². The number of aryl methyl sites for hydroxylation is 2. The van der Waals surface area contributed by atoms with Crippen molar-refractivity contribution in [2.75, 3.05) is 4.90 Å². The van der Waals surface area contributed by atoms with Gasteiger partial charge in [-0.25, -0.2) is 0 Å². The second-order valence-electron chi connectivity index (χ2n) is 11.0. The Labute approximate surface area is 208 Å². The number of anilines is 3. The van der Waals surface area contributed by atoms with Crippen molar-refractivity contribution < 1.29 is 9.47 Å². The standard InChI is InChI=1S/C31H27GeNO2/c1-6-32-25-22-15-14-17(2)29(25)34-23-12-9-13-24(26(23)32)35-30-18(3)16-20-28(27(30)32)33(22)21-11-8-7-10-19(21)31(20,4)5/h7-16H,6H2,1-5H3. The molecule has 3 nitrogen and oxygen atoms in total. The molecule has 0 bridgehead atoms. The Morgan fingerprint density at radius 3 is 2.20 bits per heavy atom. The Morgan fingerprint density at radius 1 is 0.743 bits per heavy atom. The van der Waals surface area contributed by atoms with Gasteiger partial charge >= 0.3 is 209 Å². The minimum absolute atomic E-state index is 0.102. The number of fused-ring (bicyclic) bond motifs is 3. The third-order valence-electron chi connectivity index (χ3n) is 8.95. The molecule has 1 unspecified atom stereocenters. The molecule has 0 amide bonds. The summed E-state index contributed by atoms with van der Waals surface area (Å²) < 4.78 is 17.9. The molecule has 0 saturated carbocycles. The molecule has 1 atom stereocenters. The van der Waals surface area contributed by atoms with E-state index >= 15 is 0 Å². The molecule has 4 aromatic rings. The van der Waals surface area contributed by atoms with E-state index in [4.69, 9.17) is 9.47 Å². The van der Waals surface area contributed by atoms with E-state index in [0.29, 0.717) is 0 Å². The zero-order chi connectivity index (χ0) is 23.9. The normalized spacial score (nSPS) is 20.4. The maximum absolute atomic E-state index is 6.81. The number of rotatable bonds is 1. The van der Waals surface area contributed by atoms with E-state index in [9.17, 15) is 0 Å². The summed E-state index contributed by atoms with van der Waals surface area (Å²) in [6, 6.07) is 22.3. The summed E-state index contributed by atoms with van der Waals surface area (Å²) >= 11 is -3.16. The van der Waals surface area contributed by atoms with Crippen LogP contribution in [0.15, 0.2) is 60.7 Å². The molecule has 4 aromatic carbocycles. The fourth-order valence-corrected chi connectivity index (χ4v) is 18.9. The Balaban J connectivity index is 1.65. The van der Waals surface area contributed by atoms with Crippen LogP contribution in [0.4, 0.5) is 17.1 Å². The molecule has 172 valence electrons. The van der Waals surface area contributed by atoms with Crippen LogP contribution in [0.3, 0.4) is 0 Å². The van der Waals surface area contributed by atoms with E-state index < -0.39 is 13.3 Å². The van der Waals surface area contributed by atoms with Gasteiger partial charge in [0.2, 0.25) is 0 Å². The third kappa shape index (κ3) is 2.05. The molecular weight excluding hydrogens is 491 g/mol. The molecule has 4 aliphatic heterocycles. The molecular formula is C31H27GeNO2. The van der Waals surface area contributed by atoms with Crippen LogP contribution >= 0.6 is 0 Å². The molecule has 35 heavy (non-hydrogen) atoms. The van der Waals surface area contributed by atoms with E-state index in [1.165, 1.54) is 52.5 Å². The van der Waals surface area contributed by atoms with Gasteiger partial charge in [-0.1, -0.05) is 0 Å². The molecule has 0 aliphatic carbocycles. The Hall–Kier alpha value is -3.18. The average Bonchev–Trinajstić information content (AvgIpc) is 2.86. The zero-order valence-corrected chi connectivity index (χ0v) is 22.8. The van der Waals surface area contributed by atoms with Crippen LogP contribution in [0.25, 0.3) is 0 Å². The number of nitrogens with zero attached hydrogens (tertiary/aromatic N) is 1. The van der Waals surface area contributed by atoms with Gasteiger partial charge in [0.15, 0.2) is 0 Å².